The van der Waals surface area contributed by atoms with Gasteiger partial charge in [0.2, 0.25) is 5.91 Å². The molecule has 1 heterocycles. The van der Waals surface area contributed by atoms with E-state index < -0.39 is 5.54 Å². The molecule has 16 heavy (non-hydrogen) atoms. The summed E-state index contributed by atoms with van der Waals surface area (Å²) in [7, 11) is 1.75. The van der Waals surface area contributed by atoms with Gasteiger partial charge in [-0.05, 0) is 20.4 Å². The number of imidazole rings is 1. The van der Waals surface area contributed by atoms with Gasteiger partial charge in [0.25, 0.3) is 0 Å². The molecule has 0 fully saturated rings. The van der Waals surface area contributed by atoms with Gasteiger partial charge in [-0.2, -0.15) is 0 Å². The maximum atomic E-state index is 11.3. The Bertz CT molecular complexity index is 341. The van der Waals surface area contributed by atoms with E-state index in [1.807, 2.05) is 13.8 Å². The molecule has 0 bridgehead atoms. The summed E-state index contributed by atoms with van der Waals surface area (Å²) >= 11 is 1.60. The molecule has 0 aliphatic rings. The number of carbonyl (C=O) groups is 1. The van der Waals surface area contributed by atoms with Crippen molar-refractivity contribution in [1.29, 1.82) is 0 Å². The van der Waals surface area contributed by atoms with Crippen LogP contribution in [0.5, 0.6) is 0 Å². The monoisotopic (exact) mass is 242 g/mol. The second kappa shape index (κ2) is 5.36. The third-order valence-electron chi connectivity index (χ3n) is 2.58. The van der Waals surface area contributed by atoms with Crippen LogP contribution in [0.1, 0.15) is 20.3 Å². The quantitative estimate of drug-likeness (QED) is 0.643. The average molecular weight is 242 g/mol. The lowest BCUT2D eigenvalue weighted by Crippen LogP contribution is -2.52. The lowest BCUT2D eigenvalue weighted by molar-refractivity contribution is -0.123. The van der Waals surface area contributed by atoms with Crippen molar-refractivity contribution in [1.82, 2.24) is 15.3 Å². The van der Waals surface area contributed by atoms with Gasteiger partial charge in [-0.3, -0.25) is 4.79 Å². The van der Waals surface area contributed by atoms with Crippen LogP contribution >= 0.6 is 11.8 Å². The number of hydrogen-bond donors (Lipinski definition) is 3. The molecule has 5 nitrogen and oxygen atoms in total. The highest BCUT2D eigenvalue weighted by atomic mass is 32.2. The highest BCUT2D eigenvalue weighted by Gasteiger charge is 2.31. The molecule has 2 atom stereocenters. The number of nitrogens with one attached hydrogen (secondary N) is 2. The van der Waals surface area contributed by atoms with Crippen LogP contribution < -0.4 is 11.1 Å². The maximum absolute atomic E-state index is 11.3. The van der Waals surface area contributed by atoms with Crippen molar-refractivity contribution < 1.29 is 4.79 Å². The smallest absolute Gasteiger partial charge is 0.237 e. The van der Waals surface area contributed by atoms with E-state index in [1.165, 1.54) is 0 Å². The van der Waals surface area contributed by atoms with E-state index >= 15 is 0 Å². The molecular weight excluding hydrogens is 224 g/mol. The zero-order chi connectivity index (χ0) is 12.2. The highest BCUT2D eigenvalue weighted by Crippen LogP contribution is 2.25. The second-order valence-corrected chi connectivity index (χ2v) is 5.40. The van der Waals surface area contributed by atoms with E-state index in [9.17, 15) is 4.79 Å². The van der Waals surface area contributed by atoms with Gasteiger partial charge in [-0.1, -0.05) is 18.7 Å². The number of likely N-dealkylation sites (N-methyl/N-ethyl adjacent to an activating group) is 1. The van der Waals surface area contributed by atoms with Gasteiger partial charge < -0.3 is 16.0 Å². The normalized spacial score (nSPS) is 16.7. The van der Waals surface area contributed by atoms with Crippen molar-refractivity contribution in [2.24, 2.45) is 5.73 Å². The van der Waals surface area contributed by atoms with Crippen molar-refractivity contribution in [2.75, 3.05) is 7.05 Å². The van der Waals surface area contributed by atoms with Gasteiger partial charge in [0.05, 0.1) is 5.54 Å². The Morgan fingerprint density at radius 3 is 2.94 bits per heavy atom. The summed E-state index contributed by atoms with van der Waals surface area (Å²) in [6, 6.07) is 0. The lowest BCUT2D eigenvalue weighted by atomic mass is 9.95. The number of rotatable bonds is 6. The third kappa shape index (κ3) is 3.24. The van der Waals surface area contributed by atoms with Crippen LogP contribution in [0.4, 0.5) is 0 Å². The van der Waals surface area contributed by atoms with Gasteiger partial charge in [0.1, 0.15) is 0 Å². The van der Waals surface area contributed by atoms with E-state index in [1.54, 1.807) is 31.2 Å². The first kappa shape index (κ1) is 13.1. The molecule has 2 unspecified atom stereocenters. The van der Waals surface area contributed by atoms with Gasteiger partial charge in [-0.15, -0.1) is 0 Å². The van der Waals surface area contributed by atoms with Crippen molar-refractivity contribution in [3.8, 4) is 0 Å². The van der Waals surface area contributed by atoms with Gasteiger partial charge in [0.15, 0.2) is 5.16 Å². The number of nitrogens with two attached hydrogens (primary N) is 1. The lowest BCUT2D eigenvalue weighted by Gasteiger charge is -2.27. The van der Waals surface area contributed by atoms with Gasteiger partial charge >= 0.3 is 0 Å². The minimum absolute atomic E-state index is 0.246. The predicted molar refractivity (Wildman–Crippen MR) is 65.2 cm³/mol. The molecule has 1 aromatic heterocycles. The number of primary amides is 1. The molecule has 0 spiro atoms. The van der Waals surface area contributed by atoms with Crippen molar-refractivity contribution in [2.45, 2.75) is 36.2 Å². The SMILES string of the molecule is CNC(C)(CC(C)Sc1ncc[nH]1)C(N)=O. The van der Waals surface area contributed by atoms with E-state index in [-0.39, 0.29) is 11.2 Å². The second-order valence-electron chi connectivity index (χ2n) is 3.97. The van der Waals surface area contributed by atoms with E-state index in [2.05, 4.69) is 15.3 Å². The minimum Gasteiger partial charge on any atom is -0.368 e. The van der Waals surface area contributed by atoms with Crippen LogP contribution in [0, 0.1) is 0 Å². The fourth-order valence-electron chi connectivity index (χ4n) is 1.45. The van der Waals surface area contributed by atoms with Gasteiger partial charge in [-0.25, -0.2) is 4.98 Å². The molecule has 4 N–H and O–H groups in total. The standard InChI is InChI=1S/C10H18N4OS/c1-7(16-9-13-4-5-14-9)6-10(2,12-3)8(11)15/h4-5,7,12H,6H2,1-3H3,(H2,11,15)(H,13,14). The summed E-state index contributed by atoms with van der Waals surface area (Å²) in [5.41, 5.74) is 4.70. The van der Waals surface area contributed by atoms with Crippen molar-refractivity contribution in [3.05, 3.63) is 12.4 Å². The highest BCUT2D eigenvalue weighted by molar-refractivity contribution is 7.99. The van der Waals surface area contributed by atoms with Gasteiger partial charge in [0, 0.05) is 17.6 Å². The Morgan fingerprint density at radius 1 is 1.81 bits per heavy atom. The summed E-state index contributed by atoms with van der Waals surface area (Å²) in [5.74, 6) is -0.332. The fraction of sp³-hybridized carbons (Fsp3) is 0.600. The number of aromatic amines is 1. The van der Waals surface area contributed by atoms with Crippen LogP contribution in [0.15, 0.2) is 17.6 Å². The summed E-state index contributed by atoms with van der Waals surface area (Å²) in [6.45, 7) is 3.86. The number of amides is 1. The molecule has 0 radical (unpaired) electrons. The molecule has 1 amide bonds. The molecular formula is C10H18N4OS. The fourth-order valence-corrected chi connectivity index (χ4v) is 2.50. The largest absolute Gasteiger partial charge is 0.368 e. The first-order valence-corrected chi connectivity index (χ1v) is 6.01. The number of carbonyl (C=O) groups excluding carboxylic acids is 1. The Morgan fingerprint density at radius 2 is 2.50 bits per heavy atom. The van der Waals surface area contributed by atoms with Crippen LogP contribution in [0.25, 0.3) is 0 Å². The summed E-state index contributed by atoms with van der Waals surface area (Å²) in [6.07, 6.45) is 4.14. The molecule has 0 saturated carbocycles. The Hall–Kier alpha value is -1.01. The molecule has 1 aromatic rings. The zero-order valence-electron chi connectivity index (χ0n) is 9.78. The van der Waals surface area contributed by atoms with Crippen LogP contribution in [-0.2, 0) is 4.79 Å². The van der Waals surface area contributed by atoms with Crippen LogP contribution in [0.2, 0.25) is 0 Å². The Labute approximate surface area is 99.6 Å². The number of thioether (sulfide) groups is 1. The number of H-pyrrole nitrogens is 1. The van der Waals surface area contributed by atoms with E-state index in [4.69, 9.17) is 5.73 Å². The number of hydrogen-bond acceptors (Lipinski definition) is 4. The van der Waals surface area contributed by atoms with Crippen LogP contribution in [-0.4, -0.2) is 33.7 Å². The Kier molecular flexibility index (Phi) is 4.37. The summed E-state index contributed by atoms with van der Waals surface area (Å²) < 4.78 is 0. The summed E-state index contributed by atoms with van der Waals surface area (Å²) in [5, 5.41) is 4.07. The van der Waals surface area contributed by atoms with Crippen LogP contribution in [0.3, 0.4) is 0 Å². The molecule has 6 heteroatoms. The Balaban J connectivity index is 2.56. The molecule has 0 saturated heterocycles. The minimum atomic E-state index is -0.668. The molecule has 0 aliphatic carbocycles. The molecule has 0 aliphatic heterocycles. The predicted octanol–water partition coefficient (Wildman–Crippen LogP) is 0.744. The van der Waals surface area contributed by atoms with E-state index in [0.717, 1.165) is 5.16 Å². The van der Waals surface area contributed by atoms with E-state index in [0.29, 0.717) is 6.42 Å². The van der Waals surface area contributed by atoms with Crippen molar-refractivity contribution >= 4 is 17.7 Å². The number of nitrogens with zero attached hydrogens (tertiary/aromatic N) is 1. The number of aromatic nitrogens is 2. The molecule has 0 aromatic carbocycles. The molecule has 1 rings (SSSR count). The molecule has 90 valence electrons. The van der Waals surface area contributed by atoms with Crippen molar-refractivity contribution in [3.63, 3.8) is 0 Å². The first-order chi connectivity index (χ1) is 7.48. The topological polar surface area (TPSA) is 83.8 Å². The average Bonchev–Trinajstić information content (AvgIpc) is 2.69. The third-order valence-corrected chi connectivity index (χ3v) is 3.59. The summed E-state index contributed by atoms with van der Waals surface area (Å²) in [4.78, 5) is 18.5. The maximum Gasteiger partial charge on any atom is 0.237 e. The zero-order valence-corrected chi connectivity index (χ0v) is 10.6. The first-order valence-electron chi connectivity index (χ1n) is 5.13.